The van der Waals surface area contributed by atoms with Gasteiger partial charge in [-0.15, -0.1) is 0 Å². The number of halogens is 1. The van der Waals surface area contributed by atoms with Gasteiger partial charge in [0.2, 0.25) is 5.95 Å². The van der Waals surface area contributed by atoms with Crippen LogP contribution in [0.25, 0.3) is 11.0 Å². The topological polar surface area (TPSA) is 121 Å². The normalized spacial score (nSPS) is 10.2. The second kappa shape index (κ2) is 9.94. The first-order valence-corrected chi connectivity index (χ1v) is 10.5. The molecule has 0 saturated heterocycles. The summed E-state index contributed by atoms with van der Waals surface area (Å²) in [6.45, 7) is 1.58. The number of anilines is 3. The van der Waals surface area contributed by atoms with Crippen molar-refractivity contribution >= 4 is 51.8 Å². The molecule has 4 aromatic rings. The van der Waals surface area contributed by atoms with Crippen LogP contribution in [0.5, 0.6) is 11.5 Å². The number of ether oxygens (including phenoxy) is 1. The van der Waals surface area contributed by atoms with Gasteiger partial charge in [0, 0.05) is 31.1 Å². The van der Waals surface area contributed by atoms with E-state index in [0.717, 1.165) is 5.52 Å². The van der Waals surface area contributed by atoms with E-state index >= 15 is 0 Å². The lowest BCUT2D eigenvalue weighted by molar-refractivity contribution is -0.111. The number of imidazole rings is 1. The Labute approximate surface area is 199 Å². The average molecular weight is 475 g/mol. The third-order valence-electron chi connectivity index (χ3n) is 4.60. The van der Waals surface area contributed by atoms with Gasteiger partial charge >= 0.3 is 0 Å². The molecule has 0 saturated carbocycles. The van der Waals surface area contributed by atoms with Crippen LogP contribution in [-0.4, -0.2) is 33.8 Å². The number of hydrogen-bond donors (Lipinski definition) is 4. The summed E-state index contributed by atoms with van der Waals surface area (Å²) in [5, 5.41) is 8.72. The minimum absolute atomic E-state index is 0.257. The summed E-state index contributed by atoms with van der Waals surface area (Å²) in [7, 11) is 1.54. The van der Waals surface area contributed by atoms with Crippen molar-refractivity contribution in [3.8, 4) is 23.3 Å². The Morgan fingerprint density at radius 2 is 1.91 bits per heavy atom. The molecular formula is C24H19ClN6O3. The first-order valence-electron chi connectivity index (χ1n) is 10.1. The third-order valence-corrected chi connectivity index (χ3v) is 4.93. The highest BCUT2D eigenvalue weighted by atomic mass is 35.5. The number of nitrogens with zero attached hydrogens (tertiary/aromatic N) is 2. The SMILES string of the molecule is CC#CC(=O)Nc1cc(Nc2nc3cc(Oc4ccnc(C(=O)NC)c4)ccc3[nH]2)ccc1Cl. The fraction of sp³-hybridized carbons (Fsp3) is 0.0833. The summed E-state index contributed by atoms with van der Waals surface area (Å²) < 4.78 is 5.87. The van der Waals surface area contributed by atoms with Crippen LogP contribution in [-0.2, 0) is 4.79 Å². The van der Waals surface area contributed by atoms with Crippen molar-refractivity contribution in [3.05, 3.63) is 65.4 Å². The maximum absolute atomic E-state index is 11.8. The number of carbonyl (C=O) groups excluding carboxylic acids is 2. The average Bonchev–Trinajstić information content (AvgIpc) is 3.22. The minimum atomic E-state index is -0.450. The summed E-state index contributed by atoms with van der Waals surface area (Å²) in [5.41, 5.74) is 2.81. The lowest BCUT2D eigenvalue weighted by atomic mass is 10.2. The molecule has 170 valence electrons. The Bertz CT molecular complexity index is 1450. The number of rotatable bonds is 6. The molecule has 0 aliphatic heterocycles. The van der Waals surface area contributed by atoms with E-state index < -0.39 is 5.91 Å². The van der Waals surface area contributed by atoms with Crippen molar-refractivity contribution in [2.24, 2.45) is 0 Å². The Morgan fingerprint density at radius 1 is 1.09 bits per heavy atom. The number of carbonyl (C=O) groups is 2. The van der Waals surface area contributed by atoms with Crippen molar-refractivity contribution < 1.29 is 14.3 Å². The maximum Gasteiger partial charge on any atom is 0.300 e. The zero-order valence-electron chi connectivity index (χ0n) is 18.2. The smallest absolute Gasteiger partial charge is 0.300 e. The molecule has 0 atom stereocenters. The molecule has 0 bridgehead atoms. The Balaban J connectivity index is 1.52. The van der Waals surface area contributed by atoms with E-state index in [1.807, 2.05) is 6.07 Å². The van der Waals surface area contributed by atoms with E-state index in [1.165, 1.54) is 13.2 Å². The minimum Gasteiger partial charge on any atom is -0.457 e. The number of pyridine rings is 1. The van der Waals surface area contributed by atoms with Gasteiger partial charge in [-0.1, -0.05) is 17.5 Å². The molecule has 9 nitrogen and oxygen atoms in total. The lowest BCUT2D eigenvalue weighted by Gasteiger charge is -2.08. The maximum atomic E-state index is 11.8. The summed E-state index contributed by atoms with van der Waals surface area (Å²) in [6, 6.07) is 13.7. The number of nitrogens with one attached hydrogen (secondary N) is 4. The molecule has 2 heterocycles. The van der Waals surface area contributed by atoms with Crippen molar-refractivity contribution in [2.45, 2.75) is 6.92 Å². The van der Waals surface area contributed by atoms with E-state index in [1.54, 1.807) is 49.4 Å². The van der Waals surface area contributed by atoms with Crippen LogP contribution < -0.4 is 20.7 Å². The van der Waals surface area contributed by atoms with Crippen molar-refractivity contribution in [3.63, 3.8) is 0 Å². The van der Waals surface area contributed by atoms with Crippen LogP contribution in [0.3, 0.4) is 0 Å². The third kappa shape index (κ3) is 5.26. The quantitative estimate of drug-likeness (QED) is 0.306. The van der Waals surface area contributed by atoms with Crippen LogP contribution in [0.15, 0.2) is 54.7 Å². The molecule has 10 heteroatoms. The van der Waals surface area contributed by atoms with Gasteiger partial charge in [0.05, 0.1) is 21.7 Å². The molecule has 34 heavy (non-hydrogen) atoms. The summed E-state index contributed by atoms with van der Waals surface area (Å²) in [6.07, 6.45) is 1.51. The van der Waals surface area contributed by atoms with E-state index in [0.29, 0.717) is 39.4 Å². The van der Waals surface area contributed by atoms with E-state index in [4.69, 9.17) is 16.3 Å². The number of fused-ring (bicyclic) bond motifs is 1. The number of aromatic amines is 1. The van der Waals surface area contributed by atoms with Gasteiger partial charge in [0.25, 0.3) is 11.8 Å². The highest BCUT2D eigenvalue weighted by Gasteiger charge is 2.10. The van der Waals surface area contributed by atoms with Gasteiger partial charge in [0.1, 0.15) is 17.2 Å². The molecule has 4 rings (SSSR count). The molecule has 0 unspecified atom stereocenters. The van der Waals surface area contributed by atoms with E-state index in [9.17, 15) is 9.59 Å². The zero-order valence-corrected chi connectivity index (χ0v) is 18.9. The first-order chi connectivity index (χ1) is 16.4. The largest absolute Gasteiger partial charge is 0.457 e. The first kappa shape index (κ1) is 22.6. The molecule has 0 aliphatic rings. The molecule has 4 N–H and O–H groups in total. The molecule has 2 aromatic carbocycles. The molecule has 2 amide bonds. The standard InChI is InChI=1S/C24H19ClN6O3/c1-3-4-22(32)29-19-11-14(5-7-17(19)25)28-24-30-18-8-6-15(12-20(18)31-24)34-16-9-10-27-21(13-16)23(33)26-2/h5-13H,1-2H3,(H,26,33)(H,29,32)(H2,28,30,31). The lowest BCUT2D eigenvalue weighted by Crippen LogP contribution is -2.18. The van der Waals surface area contributed by atoms with Gasteiger partial charge in [-0.3, -0.25) is 14.6 Å². The predicted molar refractivity (Wildman–Crippen MR) is 131 cm³/mol. The summed E-state index contributed by atoms with van der Waals surface area (Å²) >= 11 is 6.17. The molecule has 2 aromatic heterocycles. The van der Waals surface area contributed by atoms with Gasteiger partial charge in [-0.25, -0.2) is 4.98 Å². The van der Waals surface area contributed by atoms with Crippen LogP contribution >= 0.6 is 11.6 Å². The highest BCUT2D eigenvalue weighted by molar-refractivity contribution is 6.34. The van der Waals surface area contributed by atoms with Crippen molar-refractivity contribution in [1.82, 2.24) is 20.3 Å². The van der Waals surface area contributed by atoms with Gasteiger partial charge < -0.3 is 25.7 Å². The fourth-order valence-electron chi connectivity index (χ4n) is 3.07. The number of amides is 2. The Morgan fingerprint density at radius 3 is 2.71 bits per heavy atom. The van der Waals surface area contributed by atoms with E-state index in [2.05, 4.69) is 42.7 Å². The molecule has 0 radical (unpaired) electrons. The summed E-state index contributed by atoms with van der Waals surface area (Å²) in [4.78, 5) is 35.3. The fourth-order valence-corrected chi connectivity index (χ4v) is 3.24. The van der Waals surface area contributed by atoms with Gasteiger partial charge in [-0.05, 0) is 49.2 Å². The second-order valence-corrected chi connectivity index (χ2v) is 7.38. The van der Waals surface area contributed by atoms with Crippen molar-refractivity contribution in [2.75, 3.05) is 17.7 Å². The summed E-state index contributed by atoms with van der Waals surface area (Å²) in [5.74, 6) is 5.72. The van der Waals surface area contributed by atoms with Crippen LogP contribution in [0, 0.1) is 11.8 Å². The Hall–Kier alpha value is -4.55. The molecule has 0 aliphatic carbocycles. The number of hydrogen-bond acceptors (Lipinski definition) is 6. The predicted octanol–water partition coefficient (Wildman–Crippen LogP) is 4.47. The van der Waals surface area contributed by atoms with Crippen LogP contribution in [0.1, 0.15) is 17.4 Å². The molecule has 0 spiro atoms. The van der Waals surface area contributed by atoms with Gasteiger partial charge in [0.15, 0.2) is 0 Å². The molecule has 0 fully saturated rings. The number of benzene rings is 2. The van der Waals surface area contributed by atoms with Crippen LogP contribution in [0.4, 0.5) is 17.3 Å². The van der Waals surface area contributed by atoms with E-state index in [-0.39, 0.29) is 11.6 Å². The van der Waals surface area contributed by atoms with Crippen LogP contribution in [0.2, 0.25) is 5.02 Å². The molecular weight excluding hydrogens is 456 g/mol. The Kier molecular flexibility index (Phi) is 6.62. The zero-order chi connectivity index (χ0) is 24.1. The van der Waals surface area contributed by atoms with Crippen molar-refractivity contribution in [1.29, 1.82) is 0 Å². The number of H-pyrrole nitrogens is 1. The monoisotopic (exact) mass is 474 g/mol. The number of aromatic nitrogens is 3. The second-order valence-electron chi connectivity index (χ2n) is 6.97. The highest BCUT2D eigenvalue weighted by Crippen LogP contribution is 2.29. The van der Waals surface area contributed by atoms with Gasteiger partial charge in [-0.2, -0.15) is 0 Å².